The zero-order valence-corrected chi connectivity index (χ0v) is 12.3. The third-order valence-corrected chi connectivity index (χ3v) is 4.44. The lowest BCUT2D eigenvalue weighted by molar-refractivity contribution is 0.156. The van der Waals surface area contributed by atoms with Gasteiger partial charge in [0.2, 0.25) is 0 Å². The molecule has 0 saturated carbocycles. The molecule has 1 unspecified atom stereocenters. The molecule has 0 spiro atoms. The minimum Gasteiger partial charge on any atom is -0.382 e. The summed E-state index contributed by atoms with van der Waals surface area (Å²) in [6, 6.07) is 8.94. The number of para-hydroxylation sites is 1. The highest BCUT2D eigenvalue weighted by Gasteiger charge is 2.17. The van der Waals surface area contributed by atoms with Crippen LogP contribution in [0.25, 0.3) is 10.9 Å². The number of fused-ring (bicyclic) bond motifs is 1. The van der Waals surface area contributed by atoms with E-state index in [0.29, 0.717) is 5.82 Å². The number of nitrogens with zero attached hydrogens (tertiary/aromatic N) is 3. The van der Waals surface area contributed by atoms with Gasteiger partial charge in [0.05, 0.1) is 5.52 Å². The largest absolute Gasteiger partial charge is 0.382 e. The van der Waals surface area contributed by atoms with Crippen molar-refractivity contribution in [2.75, 3.05) is 18.8 Å². The third-order valence-electron chi connectivity index (χ3n) is 4.44. The molecule has 4 nitrogen and oxygen atoms in total. The van der Waals surface area contributed by atoms with E-state index in [1.807, 2.05) is 18.2 Å². The van der Waals surface area contributed by atoms with Gasteiger partial charge in [-0.1, -0.05) is 18.6 Å². The molecular weight excluding hydrogens is 248 g/mol. The van der Waals surface area contributed by atoms with E-state index in [1.54, 1.807) is 0 Å². The number of aromatic nitrogens is 2. The molecule has 1 aliphatic heterocycles. The van der Waals surface area contributed by atoms with Gasteiger partial charge in [-0.2, -0.15) is 5.10 Å². The second-order valence-corrected chi connectivity index (χ2v) is 5.86. The number of nitrogen functional groups attached to an aromatic ring is 1. The molecule has 1 aliphatic rings. The van der Waals surface area contributed by atoms with Crippen LogP contribution in [0.15, 0.2) is 24.3 Å². The second kappa shape index (κ2) is 5.83. The Kier molecular flexibility index (Phi) is 3.92. The summed E-state index contributed by atoms with van der Waals surface area (Å²) in [7, 11) is 0. The maximum Gasteiger partial charge on any atom is 0.153 e. The molecule has 3 rings (SSSR count). The van der Waals surface area contributed by atoms with Crippen molar-refractivity contribution in [3.8, 4) is 0 Å². The van der Waals surface area contributed by atoms with E-state index < -0.39 is 0 Å². The molecule has 4 heteroatoms. The van der Waals surface area contributed by atoms with Crippen LogP contribution in [0.1, 0.15) is 32.6 Å². The summed E-state index contributed by atoms with van der Waals surface area (Å²) in [6.45, 7) is 5.71. The van der Waals surface area contributed by atoms with Crippen molar-refractivity contribution in [2.24, 2.45) is 0 Å². The van der Waals surface area contributed by atoms with Gasteiger partial charge in [0.1, 0.15) is 0 Å². The van der Waals surface area contributed by atoms with E-state index in [2.05, 4.69) is 27.7 Å². The number of hydrogen-bond acceptors (Lipinski definition) is 3. The average Bonchev–Trinajstić information content (AvgIpc) is 2.78. The topological polar surface area (TPSA) is 47.1 Å². The summed E-state index contributed by atoms with van der Waals surface area (Å²) in [6.07, 6.45) is 5.22. The average molecular weight is 272 g/mol. The summed E-state index contributed by atoms with van der Waals surface area (Å²) in [5.41, 5.74) is 7.12. The maximum absolute atomic E-state index is 5.97. The number of benzene rings is 1. The molecule has 2 N–H and O–H groups in total. The Morgan fingerprint density at radius 3 is 2.95 bits per heavy atom. The molecule has 0 bridgehead atoms. The summed E-state index contributed by atoms with van der Waals surface area (Å²) in [5.74, 6) is 0.645. The molecule has 1 saturated heterocycles. The quantitative estimate of drug-likeness (QED) is 0.931. The second-order valence-electron chi connectivity index (χ2n) is 5.86. The van der Waals surface area contributed by atoms with Gasteiger partial charge in [0.15, 0.2) is 5.82 Å². The number of nitrogens with two attached hydrogens (primary N) is 1. The van der Waals surface area contributed by atoms with Crippen LogP contribution in [0, 0.1) is 0 Å². The van der Waals surface area contributed by atoms with E-state index >= 15 is 0 Å². The molecule has 2 aromatic rings. The molecule has 20 heavy (non-hydrogen) atoms. The molecule has 0 amide bonds. The Labute approximate surface area is 120 Å². The monoisotopic (exact) mass is 272 g/mol. The minimum absolute atomic E-state index is 0.645. The van der Waals surface area contributed by atoms with Gasteiger partial charge >= 0.3 is 0 Å². The maximum atomic E-state index is 5.97. The van der Waals surface area contributed by atoms with Crippen molar-refractivity contribution in [2.45, 2.75) is 45.2 Å². The van der Waals surface area contributed by atoms with Crippen molar-refractivity contribution in [1.82, 2.24) is 14.7 Å². The van der Waals surface area contributed by atoms with Crippen LogP contribution in [-0.2, 0) is 6.54 Å². The molecule has 2 heterocycles. The lowest BCUT2D eigenvalue weighted by atomic mass is 10.0. The highest BCUT2D eigenvalue weighted by Crippen LogP contribution is 2.21. The fourth-order valence-corrected chi connectivity index (χ4v) is 3.24. The Balaban J connectivity index is 1.62. The van der Waals surface area contributed by atoms with E-state index in [4.69, 9.17) is 5.73 Å². The van der Waals surface area contributed by atoms with Gasteiger partial charge in [-0.05, 0) is 44.9 Å². The van der Waals surface area contributed by atoms with Crippen LogP contribution in [0.4, 0.5) is 5.82 Å². The first-order chi connectivity index (χ1) is 9.75. The lowest BCUT2D eigenvalue weighted by Gasteiger charge is -2.33. The number of rotatable bonds is 4. The normalized spacial score (nSPS) is 20.6. The van der Waals surface area contributed by atoms with Crippen LogP contribution in [0.3, 0.4) is 0 Å². The van der Waals surface area contributed by atoms with Crippen molar-refractivity contribution in [3.63, 3.8) is 0 Å². The Morgan fingerprint density at radius 1 is 1.25 bits per heavy atom. The van der Waals surface area contributed by atoms with Crippen LogP contribution >= 0.6 is 0 Å². The van der Waals surface area contributed by atoms with Crippen molar-refractivity contribution in [3.05, 3.63) is 24.3 Å². The summed E-state index contributed by atoms with van der Waals surface area (Å²) < 4.78 is 2.05. The molecule has 1 fully saturated rings. The highest BCUT2D eigenvalue weighted by atomic mass is 15.3. The first-order valence-corrected chi connectivity index (χ1v) is 7.71. The van der Waals surface area contributed by atoms with Crippen LogP contribution < -0.4 is 5.73 Å². The Bertz CT molecular complexity index is 575. The van der Waals surface area contributed by atoms with E-state index in [0.717, 1.165) is 36.5 Å². The SMILES string of the molecule is CC1CCCCN1CCCn1nc(N)c2ccccc21. The third kappa shape index (κ3) is 2.66. The zero-order valence-electron chi connectivity index (χ0n) is 12.3. The van der Waals surface area contributed by atoms with Crippen molar-refractivity contribution < 1.29 is 0 Å². The number of piperidine rings is 1. The minimum atomic E-state index is 0.645. The Morgan fingerprint density at radius 2 is 2.10 bits per heavy atom. The van der Waals surface area contributed by atoms with Crippen LogP contribution in [0.2, 0.25) is 0 Å². The predicted octanol–water partition coefficient (Wildman–Crippen LogP) is 2.88. The molecule has 0 radical (unpaired) electrons. The van der Waals surface area contributed by atoms with Crippen molar-refractivity contribution >= 4 is 16.7 Å². The van der Waals surface area contributed by atoms with Crippen LogP contribution in [0.5, 0.6) is 0 Å². The standard InChI is InChI=1S/C16H24N4/c1-13-7-4-5-10-19(13)11-6-12-20-15-9-3-2-8-14(15)16(17)18-20/h2-3,8-9,13H,4-7,10-12H2,1H3,(H2,17,18). The molecular formula is C16H24N4. The summed E-state index contributed by atoms with van der Waals surface area (Å²) >= 11 is 0. The number of anilines is 1. The number of aryl methyl sites for hydroxylation is 1. The molecule has 1 atom stereocenters. The molecule has 0 aliphatic carbocycles. The number of hydrogen-bond donors (Lipinski definition) is 1. The predicted molar refractivity (Wildman–Crippen MR) is 83.6 cm³/mol. The van der Waals surface area contributed by atoms with E-state index in [1.165, 1.54) is 25.8 Å². The molecule has 1 aromatic carbocycles. The van der Waals surface area contributed by atoms with Gasteiger partial charge in [0, 0.05) is 24.5 Å². The fourth-order valence-electron chi connectivity index (χ4n) is 3.24. The smallest absolute Gasteiger partial charge is 0.153 e. The first kappa shape index (κ1) is 13.4. The summed E-state index contributed by atoms with van der Waals surface area (Å²) in [4.78, 5) is 2.61. The number of likely N-dealkylation sites (tertiary alicyclic amines) is 1. The highest BCUT2D eigenvalue weighted by molar-refractivity contribution is 5.88. The van der Waals surface area contributed by atoms with Gasteiger partial charge < -0.3 is 10.6 Å². The lowest BCUT2D eigenvalue weighted by Crippen LogP contribution is -2.38. The van der Waals surface area contributed by atoms with Crippen LogP contribution in [-0.4, -0.2) is 33.8 Å². The first-order valence-electron chi connectivity index (χ1n) is 7.71. The fraction of sp³-hybridized carbons (Fsp3) is 0.562. The van der Waals surface area contributed by atoms with Gasteiger partial charge in [-0.3, -0.25) is 4.68 Å². The Hall–Kier alpha value is -1.55. The van der Waals surface area contributed by atoms with Gasteiger partial charge in [-0.25, -0.2) is 0 Å². The van der Waals surface area contributed by atoms with Gasteiger partial charge in [-0.15, -0.1) is 0 Å². The zero-order chi connectivity index (χ0) is 13.9. The van der Waals surface area contributed by atoms with E-state index in [9.17, 15) is 0 Å². The summed E-state index contributed by atoms with van der Waals surface area (Å²) in [5, 5.41) is 5.54. The van der Waals surface area contributed by atoms with Crippen molar-refractivity contribution in [1.29, 1.82) is 0 Å². The molecule has 1 aromatic heterocycles. The van der Waals surface area contributed by atoms with Gasteiger partial charge in [0.25, 0.3) is 0 Å². The van der Waals surface area contributed by atoms with E-state index in [-0.39, 0.29) is 0 Å². The molecule has 108 valence electrons.